The molecule has 23 heavy (non-hydrogen) atoms. The molecule has 0 spiro atoms. The Morgan fingerprint density at radius 3 is 2.48 bits per heavy atom. The van der Waals surface area contributed by atoms with Crippen LogP contribution in [0.25, 0.3) is 5.69 Å². The largest absolute Gasteiger partial charge is 0.539 e. The van der Waals surface area contributed by atoms with E-state index >= 15 is 0 Å². The molecule has 0 saturated heterocycles. The molecule has 118 valence electrons. The first-order chi connectivity index (χ1) is 11.1. The lowest BCUT2D eigenvalue weighted by molar-refractivity contribution is -0.677. The van der Waals surface area contributed by atoms with E-state index in [2.05, 4.69) is 10.6 Å². The summed E-state index contributed by atoms with van der Waals surface area (Å²) < 4.78 is 19.1. The van der Waals surface area contributed by atoms with Gasteiger partial charge < -0.3 is 14.9 Å². The topological polar surface area (TPSA) is 65.0 Å². The van der Waals surface area contributed by atoms with Gasteiger partial charge in [0, 0.05) is 18.7 Å². The van der Waals surface area contributed by atoms with Crippen LogP contribution in [-0.2, 0) is 13.1 Å². The van der Waals surface area contributed by atoms with E-state index < -0.39 is 5.95 Å². The molecule has 0 aliphatic rings. The van der Waals surface area contributed by atoms with E-state index in [4.69, 9.17) is 4.52 Å². The summed E-state index contributed by atoms with van der Waals surface area (Å²) in [6.45, 7) is 2.80. The first-order valence-corrected chi connectivity index (χ1v) is 7.23. The number of aromatic nitrogens is 2. The predicted molar refractivity (Wildman–Crippen MR) is 79.2 cm³/mol. The third-order valence-electron chi connectivity index (χ3n) is 3.51. The molecule has 0 unspecified atom stereocenters. The van der Waals surface area contributed by atoms with Gasteiger partial charge in [-0.25, -0.2) is 4.39 Å². The van der Waals surface area contributed by atoms with Crippen molar-refractivity contribution in [3.8, 4) is 11.6 Å². The van der Waals surface area contributed by atoms with Crippen LogP contribution in [0, 0.1) is 12.7 Å². The Kier molecular flexibility index (Phi) is 4.34. The maximum atomic E-state index is 12.9. The molecule has 1 aromatic heterocycles. The first kappa shape index (κ1) is 15.2. The highest BCUT2D eigenvalue weighted by Gasteiger charge is 2.19. The Morgan fingerprint density at radius 1 is 1.09 bits per heavy atom. The molecule has 5 nitrogen and oxygen atoms in total. The average Bonchev–Trinajstić information content (AvgIpc) is 2.91. The number of aryl methyl sites for hydroxylation is 1. The van der Waals surface area contributed by atoms with Crippen LogP contribution < -0.4 is 15.1 Å². The number of rotatable bonds is 5. The van der Waals surface area contributed by atoms with Crippen molar-refractivity contribution in [3.63, 3.8) is 0 Å². The highest BCUT2D eigenvalue weighted by atomic mass is 19.1. The maximum absolute atomic E-state index is 12.9. The molecule has 0 bridgehead atoms. The fourth-order valence-corrected chi connectivity index (χ4v) is 2.23. The summed E-state index contributed by atoms with van der Waals surface area (Å²) in [4.78, 5) is 0. The van der Waals surface area contributed by atoms with Crippen molar-refractivity contribution in [3.05, 3.63) is 71.2 Å². The Morgan fingerprint density at radius 2 is 1.78 bits per heavy atom. The van der Waals surface area contributed by atoms with Gasteiger partial charge in [0.1, 0.15) is 5.82 Å². The second-order valence-corrected chi connectivity index (χ2v) is 5.28. The molecule has 0 atom stereocenters. The van der Waals surface area contributed by atoms with Crippen molar-refractivity contribution < 1.29 is 18.7 Å². The molecule has 1 N–H and O–H groups in total. The first-order valence-electron chi connectivity index (χ1n) is 7.23. The Bertz CT molecular complexity index is 783. The monoisotopic (exact) mass is 313 g/mol. The normalized spacial score (nSPS) is 10.9. The molecule has 3 rings (SSSR count). The predicted octanol–water partition coefficient (Wildman–Crippen LogP) is 1.76. The third-order valence-corrected chi connectivity index (χ3v) is 3.51. The van der Waals surface area contributed by atoms with Crippen LogP contribution >= 0.6 is 0 Å². The zero-order valence-electron chi connectivity index (χ0n) is 12.6. The zero-order valence-corrected chi connectivity index (χ0v) is 12.6. The van der Waals surface area contributed by atoms with E-state index in [1.807, 2.05) is 31.2 Å². The van der Waals surface area contributed by atoms with Crippen molar-refractivity contribution in [1.82, 2.24) is 10.6 Å². The van der Waals surface area contributed by atoms with E-state index in [1.54, 1.807) is 12.1 Å². The lowest BCUT2D eigenvalue weighted by Crippen LogP contribution is -2.38. The number of nitrogens with zero attached hydrogens (tertiary/aromatic N) is 2. The number of halogens is 1. The molecule has 0 radical (unpaired) electrons. The minimum Gasteiger partial charge on any atom is -0.539 e. The van der Waals surface area contributed by atoms with Crippen LogP contribution in [0.1, 0.15) is 16.8 Å². The van der Waals surface area contributed by atoms with Crippen molar-refractivity contribution >= 4 is 0 Å². The lowest BCUT2D eigenvalue weighted by Gasteiger charge is -2.03. The zero-order chi connectivity index (χ0) is 16.2. The van der Waals surface area contributed by atoms with Gasteiger partial charge in [0.15, 0.2) is 5.95 Å². The van der Waals surface area contributed by atoms with Gasteiger partial charge >= 0.3 is 0 Å². The van der Waals surface area contributed by atoms with Crippen LogP contribution in [0.4, 0.5) is 4.39 Å². The van der Waals surface area contributed by atoms with E-state index in [9.17, 15) is 9.50 Å². The van der Waals surface area contributed by atoms with E-state index in [1.165, 1.54) is 16.8 Å². The quantitative estimate of drug-likeness (QED) is 0.729. The number of nitrogens with one attached hydrogen (secondary N) is 1. The van der Waals surface area contributed by atoms with Crippen molar-refractivity contribution in [1.29, 1.82) is 0 Å². The Labute approximate surface area is 133 Å². The molecule has 0 aliphatic heterocycles. The minimum atomic E-state index is -0.475. The lowest BCUT2D eigenvalue weighted by atomic mass is 10.2. The van der Waals surface area contributed by atoms with Crippen LogP contribution in [0.3, 0.4) is 0 Å². The summed E-state index contributed by atoms with van der Waals surface area (Å²) in [5.74, 6) is -0.746. The van der Waals surface area contributed by atoms with Gasteiger partial charge in [0.05, 0.1) is 11.8 Å². The van der Waals surface area contributed by atoms with E-state index in [0.717, 1.165) is 16.8 Å². The van der Waals surface area contributed by atoms with Gasteiger partial charge in [-0.2, -0.15) is 0 Å². The van der Waals surface area contributed by atoms with E-state index in [0.29, 0.717) is 18.8 Å². The minimum absolute atomic E-state index is 0.271. The summed E-state index contributed by atoms with van der Waals surface area (Å²) in [5.41, 5.74) is 3.23. The smallest absolute Gasteiger partial charge is 0.253 e. The molecule has 2 aromatic carbocycles. The molecular weight excluding hydrogens is 297 g/mol. The Hall–Kier alpha value is -2.73. The summed E-state index contributed by atoms with van der Waals surface area (Å²) >= 11 is 0. The SMILES string of the molecule is Cc1ccc(-[n+]2noc([O-])c2CNCc2ccc(F)cc2)cc1. The van der Waals surface area contributed by atoms with Gasteiger partial charge in [-0.3, -0.25) is 0 Å². The highest BCUT2D eigenvalue weighted by molar-refractivity contribution is 5.27. The highest BCUT2D eigenvalue weighted by Crippen LogP contribution is 2.11. The van der Waals surface area contributed by atoms with Crippen LogP contribution in [-0.4, -0.2) is 5.27 Å². The Balaban J connectivity index is 1.71. The van der Waals surface area contributed by atoms with Gasteiger partial charge in [-0.05, 0) is 29.3 Å². The molecule has 0 aliphatic carbocycles. The summed E-state index contributed by atoms with van der Waals surface area (Å²) in [7, 11) is 0. The molecule has 0 saturated carbocycles. The molecule has 0 amide bonds. The summed E-state index contributed by atoms with van der Waals surface area (Å²) in [6, 6.07) is 13.8. The average molecular weight is 313 g/mol. The fourth-order valence-electron chi connectivity index (χ4n) is 2.23. The number of hydrogen-bond acceptors (Lipinski definition) is 4. The summed E-state index contributed by atoms with van der Waals surface area (Å²) in [6.07, 6.45) is 0. The van der Waals surface area contributed by atoms with Crippen LogP contribution in [0.15, 0.2) is 53.1 Å². The van der Waals surface area contributed by atoms with Crippen LogP contribution in [0.5, 0.6) is 5.95 Å². The van der Waals surface area contributed by atoms with Crippen molar-refractivity contribution in [2.45, 2.75) is 20.0 Å². The third kappa shape index (κ3) is 3.54. The van der Waals surface area contributed by atoms with Gasteiger partial charge in [0.25, 0.3) is 5.69 Å². The van der Waals surface area contributed by atoms with Crippen molar-refractivity contribution in [2.24, 2.45) is 0 Å². The van der Waals surface area contributed by atoms with Gasteiger partial charge in [-0.15, -0.1) is 0 Å². The molecule has 3 aromatic rings. The fraction of sp³-hybridized carbons (Fsp3) is 0.176. The van der Waals surface area contributed by atoms with Crippen molar-refractivity contribution in [2.75, 3.05) is 0 Å². The van der Waals surface area contributed by atoms with Gasteiger partial charge in [-0.1, -0.05) is 29.8 Å². The number of hydrogen-bond donors (Lipinski definition) is 1. The molecule has 1 heterocycles. The molecular formula is C17H16FN3O2. The molecule has 6 heteroatoms. The van der Waals surface area contributed by atoms with E-state index in [-0.39, 0.29) is 5.82 Å². The maximum Gasteiger partial charge on any atom is 0.253 e. The van der Waals surface area contributed by atoms with Crippen LogP contribution in [0.2, 0.25) is 0 Å². The second-order valence-electron chi connectivity index (χ2n) is 5.28. The second kappa shape index (κ2) is 6.58. The standard InChI is InChI=1S/C17H16FN3O2/c1-12-2-8-15(9-3-12)21-16(17(22)23-20-21)11-19-10-13-4-6-14(18)7-5-13/h2-9,19H,10-11H2,1H3. The molecule has 0 fully saturated rings. The number of benzene rings is 2. The summed E-state index contributed by atoms with van der Waals surface area (Å²) in [5, 5.41) is 18.8. The van der Waals surface area contributed by atoms with Gasteiger partial charge in [0.2, 0.25) is 5.69 Å².